The van der Waals surface area contributed by atoms with Gasteiger partial charge in [-0.1, -0.05) is 25.0 Å². The second-order valence-electron chi connectivity index (χ2n) is 7.83. The maximum Gasteiger partial charge on any atom is 0.303 e. The highest BCUT2D eigenvalue weighted by Gasteiger charge is 2.26. The number of allylic oxidation sites excluding steroid dienone is 2. The summed E-state index contributed by atoms with van der Waals surface area (Å²) in [5, 5.41) is 28.8. The van der Waals surface area contributed by atoms with Gasteiger partial charge in [-0.3, -0.25) is 9.59 Å². The molecule has 0 aromatic carbocycles. The van der Waals surface area contributed by atoms with Gasteiger partial charge >= 0.3 is 11.9 Å². The zero-order valence-electron chi connectivity index (χ0n) is 17.9. The molecule has 0 saturated heterocycles. The van der Waals surface area contributed by atoms with E-state index in [-0.39, 0.29) is 19.3 Å². The van der Waals surface area contributed by atoms with Gasteiger partial charge in [0.15, 0.2) is 0 Å². The first kappa shape index (κ1) is 27.1. The maximum absolute atomic E-state index is 10.9. The molecule has 0 spiro atoms. The number of aliphatic carboxylic acids is 3. The van der Waals surface area contributed by atoms with Crippen LogP contribution in [0.3, 0.4) is 0 Å². The fourth-order valence-electron chi connectivity index (χ4n) is 3.77. The molecule has 29 heavy (non-hydrogen) atoms. The first-order valence-corrected chi connectivity index (χ1v) is 10.9. The van der Waals surface area contributed by atoms with Gasteiger partial charge in [0.1, 0.15) is 0 Å². The summed E-state index contributed by atoms with van der Waals surface area (Å²) >= 11 is 0. The van der Waals surface area contributed by atoms with Gasteiger partial charge in [0.2, 0.25) is 0 Å². The number of carboxylic acids is 3. The Balaban J connectivity index is 4.76. The SMILES string of the molecule is C/C=C/CCCCCCC[N+](CCCC(=O)[O-])(CCCC(=O)O)CCCC(=O)O. The van der Waals surface area contributed by atoms with Crippen LogP contribution in [0.2, 0.25) is 0 Å². The van der Waals surface area contributed by atoms with E-state index in [1.165, 1.54) is 12.8 Å². The molecule has 0 aromatic heterocycles. The van der Waals surface area contributed by atoms with Crippen LogP contribution in [0.15, 0.2) is 12.2 Å². The van der Waals surface area contributed by atoms with Crippen LogP contribution < -0.4 is 5.11 Å². The fraction of sp³-hybridized carbons (Fsp3) is 0.773. The number of hydrogen-bond acceptors (Lipinski definition) is 4. The highest BCUT2D eigenvalue weighted by molar-refractivity contribution is 5.66. The lowest BCUT2D eigenvalue weighted by atomic mass is 10.1. The van der Waals surface area contributed by atoms with Gasteiger partial charge in [0, 0.05) is 25.2 Å². The summed E-state index contributed by atoms with van der Waals surface area (Å²) in [4.78, 5) is 32.7. The van der Waals surface area contributed by atoms with Gasteiger partial charge in [-0.2, -0.15) is 0 Å². The van der Waals surface area contributed by atoms with E-state index in [9.17, 15) is 19.5 Å². The monoisotopic (exact) mass is 413 g/mol. The summed E-state index contributed by atoms with van der Waals surface area (Å²) in [6.07, 6.45) is 12.5. The van der Waals surface area contributed by atoms with E-state index in [0.717, 1.165) is 32.2 Å². The minimum Gasteiger partial charge on any atom is -0.550 e. The normalized spacial score (nSPS) is 11.8. The molecule has 0 rings (SSSR count). The van der Waals surface area contributed by atoms with Crippen LogP contribution in [0.25, 0.3) is 0 Å². The van der Waals surface area contributed by atoms with E-state index in [1.54, 1.807) is 0 Å². The minimum atomic E-state index is -1.08. The van der Waals surface area contributed by atoms with Crippen LogP contribution in [0.1, 0.15) is 84.0 Å². The zero-order chi connectivity index (χ0) is 22.0. The third kappa shape index (κ3) is 16.7. The third-order valence-electron chi connectivity index (χ3n) is 5.30. The van der Waals surface area contributed by atoms with Crippen molar-refractivity contribution in [2.75, 3.05) is 26.2 Å². The number of unbranched alkanes of at least 4 members (excludes halogenated alkanes) is 5. The molecular formula is C22H39NO6. The Bertz CT molecular complexity index is 453. The molecule has 0 bridgehead atoms. The van der Waals surface area contributed by atoms with Crippen molar-refractivity contribution in [2.24, 2.45) is 0 Å². The van der Waals surface area contributed by atoms with Crippen LogP contribution in [-0.4, -0.2) is 58.8 Å². The smallest absolute Gasteiger partial charge is 0.303 e. The van der Waals surface area contributed by atoms with Crippen molar-refractivity contribution >= 4 is 17.9 Å². The van der Waals surface area contributed by atoms with Gasteiger partial charge in [-0.15, -0.1) is 0 Å². The Morgan fingerprint density at radius 2 is 1.17 bits per heavy atom. The highest BCUT2D eigenvalue weighted by atomic mass is 16.4. The van der Waals surface area contributed by atoms with Crippen molar-refractivity contribution in [1.82, 2.24) is 0 Å². The number of hydrogen-bond donors (Lipinski definition) is 2. The number of rotatable bonds is 20. The summed E-state index contributed by atoms with van der Waals surface area (Å²) in [5.74, 6) is -2.77. The number of carboxylic acid groups (broad SMARTS) is 3. The van der Waals surface area contributed by atoms with E-state index in [4.69, 9.17) is 10.2 Å². The van der Waals surface area contributed by atoms with E-state index in [1.807, 2.05) is 6.92 Å². The quantitative estimate of drug-likeness (QED) is 0.180. The van der Waals surface area contributed by atoms with Crippen LogP contribution in [0.4, 0.5) is 0 Å². The predicted octanol–water partition coefficient (Wildman–Crippen LogP) is 2.98. The summed E-state index contributed by atoms with van der Waals surface area (Å²) in [7, 11) is 0. The second-order valence-corrected chi connectivity index (χ2v) is 7.83. The van der Waals surface area contributed by atoms with E-state index < -0.39 is 17.9 Å². The summed E-state index contributed by atoms with van der Waals surface area (Å²) < 4.78 is 0.604. The molecule has 0 atom stereocenters. The molecule has 0 heterocycles. The molecule has 7 nitrogen and oxygen atoms in total. The lowest BCUT2D eigenvalue weighted by Crippen LogP contribution is -2.51. The van der Waals surface area contributed by atoms with Crippen molar-refractivity contribution in [2.45, 2.75) is 84.0 Å². The first-order chi connectivity index (χ1) is 13.8. The number of nitrogens with zero attached hydrogens (tertiary/aromatic N) is 1. The molecule has 0 aliphatic carbocycles. The van der Waals surface area contributed by atoms with Crippen molar-refractivity contribution < 1.29 is 34.2 Å². The van der Waals surface area contributed by atoms with Gasteiger partial charge in [0.25, 0.3) is 0 Å². The number of quaternary nitrogens is 1. The van der Waals surface area contributed by atoms with E-state index >= 15 is 0 Å². The predicted molar refractivity (Wildman–Crippen MR) is 110 cm³/mol. The summed E-state index contributed by atoms with van der Waals surface area (Å²) in [6, 6.07) is 0. The Morgan fingerprint density at radius 1 is 0.724 bits per heavy atom. The average molecular weight is 414 g/mol. The molecule has 0 aliphatic heterocycles. The third-order valence-corrected chi connectivity index (χ3v) is 5.30. The number of carbonyl (C=O) groups is 3. The molecule has 0 fully saturated rings. The minimum absolute atomic E-state index is 0.0250. The second kappa shape index (κ2) is 17.0. The van der Waals surface area contributed by atoms with Gasteiger partial charge in [-0.05, 0) is 39.0 Å². The van der Waals surface area contributed by atoms with Crippen LogP contribution in [0.5, 0.6) is 0 Å². The van der Waals surface area contributed by atoms with Gasteiger partial charge in [0.05, 0.1) is 39.0 Å². The van der Waals surface area contributed by atoms with Crippen LogP contribution in [-0.2, 0) is 14.4 Å². The van der Waals surface area contributed by atoms with Crippen LogP contribution in [0, 0.1) is 0 Å². The molecule has 0 aromatic rings. The lowest BCUT2D eigenvalue weighted by molar-refractivity contribution is -0.929. The summed E-state index contributed by atoms with van der Waals surface area (Å²) in [5.41, 5.74) is 0. The van der Waals surface area contributed by atoms with Crippen molar-refractivity contribution in [3.8, 4) is 0 Å². The average Bonchev–Trinajstić information content (AvgIpc) is 2.63. The van der Waals surface area contributed by atoms with E-state index in [0.29, 0.717) is 43.4 Å². The molecule has 0 amide bonds. The van der Waals surface area contributed by atoms with Gasteiger partial charge in [-0.25, -0.2) is 0 Å². The fourth-order valence-corrected chi connectivity index (χ4v) is 3.77. The molecule has 0 radical (unpaired) electrons. The Morgan fingerprint density at radius 3 is 1.66 bits per heavy atom. The van der Waals surface area contributed by atoms with Crippen molar-refractivity contribution in [3.05, 3.63) is 12.2 Å². The topological polar surface area (TPSA) is 115 Å². The largest absolute Gasteiger partial charge is 0.550 e. The van der Waals surface area contributed by atoms with Crippen molar-refractivity contribution in [1.29, 1.82) is 0 Å². The number of carbonyl (C=O) groups excluding carboxylic acids is 1. The summed E-state index contributed by atoms with van der Waals surface area (Å²) in [6.45, 7) is 4.75. The Hall–Kier alpha value is -1.89. The molecule has 0 saturated carbocycles. The molecule has 168 valence electrons. The molecule has 0 aliphatic rings. The van der Waals surface area contributed by atoms with Crippen LogP contribution >= 0.6 is 0 Å². The first-order valence-electron chi connectivity index (χ1n) is 10.9. The molecule has 7 heteroatoms. The molecule has 0 unspecified atom stereocenters. The highest BCUT2D eigenvalue weighted by Crippen LogP contribution is 2.18. The van der Waals surface area contributed by atoms with E-state index in [2.05, 4.69) is 12.2 Å². The maximum atomic E-state index is 10.9. The zero-order valence-corrected chi connectivity index (χ0v) is 17.9. The molecule has 2 N–H and O–H groups in total. The Kier molecular flexibility index (Phi) is 15.9. The molecular weight excluding hydrogens is 374 g/mol. The van der Waals surface area contributed by atoms with Gasteiger partial charge < -0.3 is 24.6 Å². The Labute approximate surface area is 175 Å². The standard InChI is InChI=1S/C22H39NO6/c1-2-3-4-5-6-7-8-9-16-23(17-10-13-20(24)25,18-11-14-21(26)27)19-12-15-22(28)29/h2-3H,4-19H2,1H3,(H2-,24,25,26,27,28,29)/b3-2+. The van der Waals surface area contributed by atoms with Crippen molar-refractivity contribution in [3.63, 3.8) is 0 Å². The lowest BCUT2D eigenvalue weighted by Gasteiger charge is -2.39.